The van der Waals surface area contributed by atoms with Gasteiger partial charge in [0.1, 0.15) is 0 Å². The quantitative estimate of drug-likeness (QED) is 0.883. The predicted octanol–water partition coefficient (Wildman–Crippen LogP) is 2.42. The fourth-order valence-corrected chi connectivity index (χ4v) is 1.89. The van der Waals surface area contributed by atoms with E-state index in [1.54, 1.807) is 6.07 Å². The van der Waals surface area contributed by atoms with Crippen LogP contribution in [0.25, 0.3) is 10.9 Å². The van der Waals surface area contributed by atoms with Crippen LogP contribution in [0.5, 0.6) is 5.75 Å². The highest BCUT2D eigenvalue weighted by Gasteiger charge is 2.09. The maximum absolute atomic E-state index is 13.5. The van der Waals surface area contributed by atoms with Crippen molar-refractivity contribution in [2.24, 2.45) is 0 Å². The minimum atomic E-state index is -0.332. The summed E-state index contributed by atoms with van der Waals surface area (Å²) in [4.78, 5) is 5.21. The molecule has 0 fully saturated rings. The molecule has 0 aliphatic carbocycles. The van der Waals surface area contributed by atoms with Crippen molar-refractivity contribution in [2.45, 2.75) is 6.42 Å². The van der Waals surface area contributed by atoms with E-state index >= 15 is 0 Å². The molecule has 0 unspecified atom stereocenters. The molecule has 3 nitrogen and oxygen atoms in total. The largest absolute Gasteiger partial charge is 0.494 e. The van der Waals surface area contributed by atoms with Gasteiger partial charge in [-0.15, -0.1) is 0 Å². The van der Waals surface area contributed by atoms with Gasteiger partial charge in [-0.05, 0) is 32.1 Å². The Labute approximate surface area is 100 Å². The Bertz CT molecular complexity index is 519. The number of likely N-dealkylation sites (N-methyl/N-ethyl adjacent to an activating group) is 1. The molecule has 0 spiro atoms. The number of aromatic amines is 1. The summed E-state index contributed by atoms with van der Waals surface area (Å²) in [5.41, 5.74) is 2.00. The molecular formula is C13H17FN2O. The summed E-state index contributed by atoms with van der Waals surface area (Å²) in [6.07, 6.45) is 2.87. The minimum absolute atomic E-state index is 0.295. The first-order chi connectivity index (χ1) is 8.11. The molecule has 0 bridgehead atoms. The third-order valence-electron chi connectivity index (χ3n) is 2.87. The van der Waals surface area contributed by atoms with Crippen LogP contribution in [-0.2, 0) is 6.42 Å². The molecule has 0 aliphatic heterocycles. The van der Waals surface area contributed by atoms with Crippen LogP contribution in [0.4, 0.5) is 4.39 Å². The number of nitrogens with zero attached hydrogens (tertiary/aromatic N) is 1. The van der Waals surface area contributed by atoms with E-state index in [0.29, 0.717) is 5.75 Å². The second-order valence-electron chi connectivity index (χ2n) is 4.40. The lowest BCUT2D eigenvalue weighted by molar-refractivity contribution is 0.387. The normalized spacial score (nSPS) is 11.4. The number of hydrogen-bond donors (Lipinski definition) is 1. The number of rotatable bonds is 4. The third-order valence-corrected chi connectivity index (χ3v) is 2.87. The molecule has 2 aromatic rings. The number of H-pyrrole nitrogens is 1. The number of ether oxygens (including phenoxy) is 1. The summed E-state index contributed by atoms with van der Waals surface area (Å²) in [5.74, 6) is -0.0378. The second-order valence-corrected chi connectivity index (χ2v) is 4.40. The van der Waals surface area contributed by atoms with Crippen LogP contribution in [0.3, 0.4) is 0 Å². The van der Waals surface area contributed by atoms with Crippen LogP contribution in [0.15, 0.2) is 18.3 Å². The monoisotopic (exact) mass is 236 g/mol. The van der Waals surface area contributed by atoms with Crippen molar-refractivity contribution in [3.63, 3.8) is 0 Å². The van der Waals surface area contributed by atoms with Crippen LogP contribution < -0.4 is 4.74 Å². The lowest BCUT2D eigenvalue weighted by atomic mass is 10.1. The van der Waals surface area contributed by atoms with Crippen LogP contribution >= 0.6 is 0 Å². The zero-order chi connectivity index (χ0) is 12.4. The molecule has 2 rings (SSSR count). The molecule has 17 heavy (non-hydrogen) atoms. The Morgan fingerprint density at radius 3 is 2.76 bits per heavy atom. The van der Waals surface area contributed by atoms with E-state index in [1.165, 1.54) is 18.7 Å². The van der Waals surface area contributed by atoms with Crippen molar-refractivity contribution < 1.29 is 9.13 Å². The van der Waals surface area contributed by atoms with Gasteiger partial charge >= 0.3 is 0 Å². The lowest BCUT2D eigenvalue weighted by Gasteiger charge is -2.08. The van der Waals surface area contributed by atoms with Gasteiger partial charge in [0, 0.05) is 29.7 Å². The molecule has 0 saturated heterocycles. The van der Waals surface area contributed by atoms with E-state index in [4.69, 9.17) is 4.74 Å². The van der Waals surface area contributed by atoms with Crippen LogP contribution in [-0.4, -0.2) is 37.6 Å². The van der Waals surface area contributed by atoms with Gasteiger partial charge in [0.2, 0.25) is 0 Å². The van der Waals surface area contributed by atoms with Gasteiger partial charge in [-0.1, -0.05) is 0 Å². The van der Waals surface area contributed by atoms with E-state index in [2.05, 4.69) is 9.88 Å². The van der Waals surface area contributed by atoms with Crippen LogP contribution in [0, 0.1) is 5.82 Å². The van der Waals surface area contributed by atoms with Crippen molar-refractivity contribution in [3.05, 3.63) is 29.7 Å². The van der Waals surface area contributed by atoms with Crippen molar-refractivity contribution in [3.8, 4) is 5.75 Å². The molecule has 1 N–H and O–H groups in total. The minimum Gasteiger partial charge on any atom is -0.494 e. The van der Waals surface area contributed by atoms with Crippen LogP contribution in [0.1, 0.15) is 5.56 Å². The van der Waals surface area contributed by atoms with E-state index in [-0.39, 0.29) is 5.82 Å². The molecule has 1 aromatic heterocycles. The maximum Gasteiger partial charge on any atom is 0.167 e. The summed E-state index contributed by atoms with van der Waals surface area (Å²) < 4.78 is 18.5. The highest BCUT2D eigenvalue weighted by molar-refractivity contribution is 5.84. The zero-order valence-corrected chi connectivity index (χ0v) is 10.4. The SMILES string of the molecule is COc1cc2c(CCN(C)C)c[nH]c2cc1F. The van der Waals surface area contributed by atoms with E-state index in [1.807, 2.05) is 20.3 Å². The van der Waals surface area contributed by atoms with Gasteiger partial charge in [0.05, 0.1) is 7.11 Å². The first-order valence-corrected chi connectivity index (χ1v) is 5.60. The van der Waals surface area contributed by atoms with Gasteiger partial charge in [0.15, 0.2) is 11.6 Å². The fourth-order valence-electron chi connectivity index (χ4n) is 1.89. The van der Waals surface area contributed by atoms with Gasteiger partial charge in [-0.3, -0.25) is 0 Å². The number of aromatic nitrogens is 1. The van der Waals surface area contributed by atoms with Gasteiger partial charge in [-0.2, -0.15) is 0 Å². The van der Waals surface area contributed by atoms with E-state index in [0.717, 1.165) is 23.9 Å². The average molecular weight is 236 g/mol. The first kappa shape index (κ1) is 11.9. The van der Waals surface area contributed by atoms with E-state index < -0.39 is 0 Å². The van der Waals surface area contributed by atoms with E-state index in [9.17, 15) is 4.39 Å². The Morgan fingerprint density at radius 1 is 1.35 bits per heavy atom. The zero-order valence-electron chi connectivity index (χ0n) is 10.4. The molecule has 1 heterocycles. The summed E-state index contributed by atoms with van der Waals surface area (Å²) in [6, 6.07) is 3.24. The van der Waals surface area contributed by atoms with Gasteiger partial charge in [-0.25, -0.2) is 4.39 Å². The van der Waals surface area contributed by atoms with Crippen molar-refractivity contribution in [2.75, 3.05) is 27.7 Å². The topological polar surface area (TPSA) is 28.3 Å². The molecule has 0 saturated carbocycles. The molecule has 1 aromatic carbocycles. The predicted molar refractivity (Wildman–Crippen MR) is 67.1 cm³/mol. The lowest BCUT2D eigenvalue weighted by Crippen LogP contribution is -2.14. The van der Waals surface area contributed by atoms with Crippen molar-refractivity contribution >= 4 is 10.9 Å². The number of halogens is 1. The molecule has 92 valence electrons. The number of nitrogens with one attached hydrogen (secondary N) is 1. The van der Waals surface area contributed by atoms with Gasteiger partial charge in [0.25, 0.3) is 0 Å². The second kappa shape index (κ2) is 4.75. The molecule has 0 aliphatic rings. The summed E-state index contributed by atoms with van der Waals surface area (Å²) in [5, 5.41) is 1.03. The first-order valence-electron chi connectivity index (χ1n) is 5.60. The number of fused-ring (bicyclic) bond motifs is 1. The standard InChI is InChI=1S/C13H17FN2O/c1-16(2)5-4-9-8-15-12-7-11(14)13(17-3)6-10(9)12/h6-8,15H,4-5H2,1-3H3. The Kier molecular flexibility index (Phi) is 3.33. The van der Waals surface area contributed by atoms with Gasteiger partial charge < -0.3 is 14.6 Å². The molecule has 0 radical (unpaired) electrons. The molecule has 0 atom stereocenters. The molecular weight excluding hydrogens is 219 g/mol. The Balaban J connectivity index is 2.37. The number of hydrogen-bond acceptors (Lipinski definition) is 2. The van der Waals surface area contributed by atoms with Crippen molar-refractivity contribution in [1.82, 2.24) is 9.88 Å². The Hall–Kier alpha value is -1.55. The number of methoxy groups -OCH3 is 1. The average Bonchev–Trinajstić information content (AvgIpc) is 2.67. The third kappa shape index (κ3) is 2.42. The summed E-state index contributed by atoms with van der Waals surface area (Å²) in [6.45, 7) is 0.965. The highest BCUT2D eigenvalue weighted by atomic mass is 19.1. The molecule has 4 heteroatoms. The summed E-state index contributed by atoms with van der Waals surface area (Å²) in [7, 11) is 5.56. The summed E-state index contributed by atoms with van der Waals surface area (Å²) >= 11 is 0. The van der Waals surface area contributed by atoms with Crippen LogP contribution in [0.2, 0.25) is 0 Å². The number of benzene rings is 1. The van der Waals surface area contributed by atoms with Crippen molar-refractivity contribution in [1.29, 1.82) is 0 Å². The highest BCUT2D eigenvalue weighted by Crippen LogP contribution is 2.26. The molecule has 0 amide bonds. The maximum atomic E-state index is 13.5. The fraction of sp³-hybridized carbons (Fsp3) is 0.385. The smallest absolute Gasteiger partial charge is 0.167 e. The Morgan fingerprint density at radius 2 is 2.12 bits per heavy atom.